The van der Waals surface area contributed by atoms with Gasteiger partial charge in [-0.25, -0.2) is 0 Å². The first-order valence-electron chi connectivity index (χ1n) is 12.3. The van der Waals surface area contributed by atoms with E-state index >= 15 is 0 Å². The summed E-state index contributed by atoms with van der Waals surface area (Å²) in [5, 5.41) is 17.0. The number of benzene rings is 2. The zero-order valence-electron chi connectivity index (χ0n) is 21.7. The minimum Gasteiger partial charge on any atom is -0.381 e. The minimum atomic E-state index is -1.49. The van der Waals surface area contributed by atoms with Gasteiger partial charge in [-0.2, -0.15) is 0 Å². The lowest BCUT2D eigenvalue weighted by Crippen LogP contribution is -2.58. The second-order valence-corrected chi connectivity index (χ2v) is 11.7. The second kappa shape index (κ2) is 11.9. The van der Waals surface area contributed by atoms with Crippen molar-refractivity contribution in [1.29, 1.82) is 0 Å². The first-order chi connectivity index (χ1) is 17.0. The summed E-state index contributed by atoms with van der Waals surface area (Å²) in [7, 11) is 0. The van der Waals surface area contributed by atoms with Crippen molar-refractivity contribution in [3.63, 3.8) is 0 Å². The lowest BCUT2D eigenvalue weighted by molar-refractivity contribution is -0.148. The molecule has 2 aromatic carbocycles. The molecule has 3 N–H and O–H groups in total. The molecule has 1 heterocycles. The molecule has 2 aromatic rings. The molecular weight excluding hydrogens is 474 g/mol. The van der Waals surface area contributed by atoms with E-state index in [0.29, 0.717) is 13.0 Å². The predicted molar refractivity (Wildman–Crippen MR) is 143 cm³/mol. The molecule has 7 nitrogen and oxygen atoms in total. The van der Waals surface area contributed by atoms with Crippen LogP contribution in [0.5, 0.6) is 0 Å². The van der Waals surface area contributed by atoms with Gasteiger partial charge in [0.1, 0.15) is 6.04 Å². The average molecular weight is 512 g/mol. The largest absolute Gasteiger partial charge is 0.381 e. The Morgan fingerprint density at radius 1 is 1.08 bits per heavy atom. The average Bonchev–Trinajstić information content (AvgIpc) is 3.17. The van der Waals surface area contributed by atoms with Crippen molar-refractivity contribution in [2.24, 2.45) is 5.92 Å². The van der Waals surface area contributed by atoms with Gasteiger partial charge in [0.2, 0.25) is 11.8 Å². The van der Waals surface area contributed by atoms with Gasteiger partial charge in [-0.15, -0.1) is 11.8 Å². The van der Waals surface area contributed by atoms with Crippen LogP contribution in [0.15, 0.2) is 54.6 Å². The lowest BCUT2D eigenvalue weighted by Gasteiger charge is -2.33. The molecule has 1 aliphatic heterocycles. The van der Waals surface area contributed by atoms with E-state index in [1.54, 1.807) is 13.8 Å². The monoisotopic (exact) mass is 511 g/mol. The maximum absolute atomic E-state index is 13.6. The quantitative estimate of drug-likeness (QED) is 0.481. The van der Waals surface area contributed by atoms with Gasteiger partial charge in [-0.05, 0) is 43.9 Å². The van der Waals surface area contributed by atoms with Gasteiger partial charge in [0.15, 0.2) is 6.10 Å². The van der Waals surface area contributed by atoms with E-state index in [0.717, 1.165) is 16.7 Å². The fraction of sp³-hybridized carbons (Fsp3) is 0.464. The minimum absolute atomic E-state index is 0.244. The summed E-state index contributed by atoms with van der Waals surface area (Å²) in [5.74, 6) is -1.09. The number of rotatable bonds is 9. The molecule has 0 bridgehead atoms. The van der Waals surface area contributed by atoms with E-state index in [1.165, 1.54) is 16.7 Å². The Morgan fingerprint density at radius 2 is 1.72 bits per heavy atom. The van der Waals surface area contributed by atoms with Crippen LogP contribution in [0.2, 0.25) is 0 Å². The first kappa shape index (κ1) is 27.7. The Labute approximate surface area is 218 Å². The van der Waals surface area contributed by atoms with Gasteiger partial charge in [-0.3, -0.25) is 14.4 Å². The number of aryl methyl sites for hydroxylation is 1. The molecule has 8 heteroatoms. The molecule has 194 valence electrons. The van der Waals surface area contributed by atoms with Crippen LogP contribution < -0.4 is 10.6 Å². The number of carbonyl (C=O) groups excluding carboxylic acids is 3. The molecule has 1 saturated heterocycles. The van der Waals surface area contributed by atoms with E-state index in [1.807, 2.05) is 75.4 Å². The fourth-order valence-electron chi connectivity index (χ4n) is 4.30. The zero-order valence-corrected chi connectivity index (χ0v) is 22.5. The molecule has 1 fully saturated rings. The maximum atomic E-state index is 13.6. The highest BCUT2D eigenvalue weighted by molar-refractivity contribution is 8.00. The van der Waals surface area contributed by atoms with Crippen LogP contribution >= 0.6 is 11.8 Å². The molecule has 1 aliphatic rings. The molecule has 0 spiro atoms. The Hall–Kier alpha value is -2.84. The number of hydrogen-bond donors (Lipinski definition) is 3. The first-order valence-corrected chi connectivity index (χ1v) is 13.3. The van der Waals surface area contributed by atoms with Crippen LogP contribution in [0.3, 0.4) is 0 Å². The van der Waals surface area contributed by atoms with E-state index in [-0.39, 0.29) is 23.6 Å². The van der Waals surface area contributed by atoms with Crippen LogP contribution in [0.1, 0.15) is 44.4 Å². The van der Waals surface area contributed by atoms with Crippen LogP contribution in [0.4, 0.5) is 0 Å². The molecule has 0 aliphatic carbocycles. The van der Waals surface area contributed by atoms with Gasteiger partial charge in [0, 0.05) is 17.2 Å². The van der Waals surface area contributed by atoms with Gasteiger partial charge < -0.3 is 20.6 Å². The molecule has 0 radical (unpaired) electrons. The van der Waals surface area contributed by atoms with Crippen molar-refractivity contribution < 1.29 is 19.5 Å². The van der Waals surface area contributed by atoms with Crippen molar-refractivity contribution in [3.8, 4) is 0 Å². The van der Waals surface area contributed by atoms with Crippen molar-refractivity contribution >= 4 is 29.5 Å². The van der Waals surface area contributed by atoms with Crippen LogP contribution in [0.25, 0.3) is 0 Å². The zero-order chi connectivity index (χ0) is 26.5. The number of aliphatic hydroxyl groups is 1. The molecule has 3 rings (SSSR count). The molecule has 0 aromatic heterocycles. The summed E-state index contributed by atoms with van der Waals surface area (Å²) in [6.07, 6.45) is -1.20. The lowest BCUT2D eigenvalue weighted by atomic mass is 9.96. The summed E-state index contributed by atoms with van der Waals surface area (Å²) in [6.45, 7) is 9.72. The van der Waals surface area contributed by atoms with Gasteiger partial charge in [0.25, 0.3) is 5.91 Å². The number of nitrogens with one attached hydrogen (secondary N) is 2. The Kier molecular flexibility index (Phi) is 9.19. The molecule has 36 heavy (non-hydrogen) atoms. The number of aliphatic hydroxyl groups excluding tert-OH is 1. The van der Waals surface area contributed by atoms with Gasteiger partial charge >= 0.3 is 0 Å². The number of nitrogens with zero attached hydrogens (tertiary/aromatic N) is 1. The number of hydrogen-bond acceptors (Lipinski definition) is 5. The highest BCUT2D eigenvalue weighted by atomic mass is 32.2. The van der Waals surface area contributed by atoms with Crippen LogP contribution in [-0.4, -0.2) is 56.5 Å². The number of carbonyl (C=O) groups is 3. The van der Waals surface area contributed by atoms with E-state index in [4.69, 9.17) is 0 Å². The van der Waals surface area contributed by atoms with E-state index < -0.39 is 28.8 Å². The predicted octanol–water partition coefficient (Wildman–Crippen LogP) is 3.04. The SMILES string of the molecule is Cc1ccccc1CNC(=O)[C@H]1N(C(=O)[C@@H](O)[C@H](Cc2ccccc2)NC(=O)C(C)C)CSC1(C)C. The standard InChI is InChI=1S/C28H37N3O4S/c1-18(2)25(33)30-22(15-20-12-7-6-8-13-20)23(32)27(35)31-17-36-28(4,5)24(31)26(34)29-16-21-14-10-9-11-19(21)3/h6-14,18,22-24,32H,15-17H2,1-5H3,(H,29,34)(H,30,33)/t22-,23-,24+/m0/s1. The molecule has 0 saturated carbocycles. The third kappa shape index (κ3) is 6.68. The molecule has 3 amide bonds. The smallest absolute Gasteiger partial charge is 0.254 e. The van der Waals surface area contributed by atoms with E-state index in [9.17, 15) is 19.5 Å². The summed E-state index contributed by atoms with van der Waals surface area (Å²) in [4.78, 5) is 40.9. The fourth-order valence-corrected chi connectivity index (χ4v) is 5.44. The summed E-state index contributed by atoms with van der Waals surface area (Å²) in [5.41, 5.74) is 2.97. The summed E-state index contributed by atoms with van der Waals surface area (Å²) < 4.78 is -0.540. The number of thioether (sulfide) groups is 1. The van der Waals surface area contributed by atoms with Crippen molar-refractivity contribution in [1.82, 2.24) is 15.5 Å². The maximum Gasteiger partial charge on any atom is 0.254 e. The topological polar surface area (TPSA) is 98.7 Å². The third-order valence-corrected chi connectivity index (χ3v) is 7.95. The Balaban J connectivity index is 1.79. The third-order valence-electron chi connectivity index (χ3n) is 6.58. The Morgan fingerprint density at radius 3 is 2.36 bits per heavy atom. The van der Waals surface area contributed by atoms with Crippen LogP contribution in [-0.2, 0) is 27.3 Å². The number of amides is 3. The molecule has 0 unspecified atom stereocenters. The van der Waals surface area contributed by atoms with Crippen molar-refractivity contribution in [2.75, 3.05) is 5.88 Å². The van der Waals surface area contributed by atoms with Gasteiger partial charge in [0.05, 0.1) is 11.9 Å². The Bertz CT molecular complexity index is 1070. The van der Waals surface area contributed by atoms with Crippen molar-refractivity contribution in [3.05, 3.63) is 71.3 Å². The van der Waals surface area contributed by atoms with Crippen LogP contribution in [0, 0.1) is 12.8 Å². The second-order valence-electron chi connectivity index (χ2n) is 10.1. The molecular formula is C28H37N3O4S. The summed E-state index contributed by atoms with van der Waals surface area (Å²) in [6, 6.07) is 15.7. The highest BCUT2D eigenvalue weighted by Gasteiger charge is 2.49. The van der Waals surface area contributed by atoms with Crippen molar-refractivity contribution in [2.45, 2.75) is 70.5 Å². The van der Waals surface area contributed by atoms with E-state index in [2.05, 4.69) is 10.6 Å². The highest BCUT2D eigenvalue weighted by Crippen LogP contribution is 2.40. The van der Waals surface area contributed by atoms with Gasteiger partial charge in [-0.1, -0.05) is 68.4 Å². The normalized spacial score (nSPS) is 18.5. The molecule has 3 atom stereocenters. The summed E-state index contributed by atoms with van der Waals surface area (Å²) >= 11 is 1.49.